The molecule has 2 saturated heterocycles. The van der Waals surface area contributed by atoms with E-state index >= 15 is 0 Å². The maximum absolute atomic E-state index is 13.0. The molecule has 3 heterocycles. The summed E-state index contributed by atoms with van der Waals surface area (Å²) in [5.41, 5.74) is 1.22. The van der Waals surface area contributed by atoms with E-state index in [-0.39, 0.29) is 23.8 Å². The summed E-state index contributed by atoms with van der Waals surface area (Å²) in [6.07, 6.45) is 6.13. The van der Waals surface area contributed by atoms with Crippen LogP contribution in [0.2, 0.25) is 0 Å². The molecule has 2 aliphatic rings. The van der Waals surface area contributed by atoms with Crippen molar-refractivity contribution in [3.63, 3.8) is 0 Å². The smallest absolute Gasteiger partial charge is 0.254 e. The number of carbonyl (C=O) groups excluding carboxylic acids is 3. The third-order valence-electron chi connectivity index (χ3n) is 5.96. The Labute approximate surface area is 189 Å². The number of carbonyl (C=O) groups is 3. The topological polar surface area (TPSA) is 82.6 Å². The van der Waals surface area contributed by atoms with Crippen LogP contribution in [0.4, 0.5) is 0 Å². The van der Waals surface area contributed by atoms with E-state index < -0.39 is 6.04 Å². The van der Waals surface area contributed by atoms with Crippen LogP contribution in [0, 0.1) is 0 Å². The summed E-state index contributed by atoms with van der Waals surface area (Å²) in [5.74, 6) is -0.209. The first-order valence-electron chi connectivity index (χ1n) is 10.6. The minimum Gasteiger partial charge on any atom is -0.351 e. The number of nitrogens with zero attached hydrogens (tertiary/aromatic N) is 3. The van der Waals surface area contributed by atoms with Crippen LogP contribution < -0.4 is 5.32 Å². The van der Waals surface area contributed by atoms with Gasteiger partial charge in [0.15, 0.2) is 0 Å². The van der Waals surface area contributed by atoms with E-state index in [4.69, 9.17) is 0 Å². The molecule has 1 atom stereocenters. The van der Waals surface area contributed by atoms with Gasteiger partial charge in [-0.1, -0.05) is 15.9 Å². The Hall–Kier alpha value is -2.74. The SMILES string of the molecule is O=C(NC1CCN(C(=O)c2ccncc2)CC1)C1CCCN1C(=O)c1ccc(Br)cc1. The van der Waals surface area contributed by atoms with Crippen molar-refractivity contribution in [1.82, 2.24) is 20.1 Å². The van der Waals surface area contributed by atoms with Crippen LogP contribution in [-0.4, -0.2) is 64.2 Å². The van der Waals surface area contributed by atoms with Crippen LogP contribution in [0.15, 0.2) is 53.3 Å². The van der Waals surface area contributed by atoms with Gasteiger partial charge in [0.25, 0.3) is 11.8 Å². The molecule has 3 amide bonds. The van der Waals surface area contributed by atoms with Gasteiger partial charge in [-0.3, -0.25) is 19.4 Å². The molecule has 162 valence electrons. The third-order valence-corrected chi connectivity index (χ3v) is 6.49. The van der Waals surface area contributed by atoms with Crippen LogP contribution >= 0.6 is 15.9 Å². The number of halogens is 1. The van der Waals surface area contributed by atoms with Crippen molar-refractivity contribution in [2.24, 2.45) is 0 Å². The number of amides is 3. The van der Waals surface area contributed by atoms with E-state index in [9.17, 15) is 14.4 Å². The Morgan fingerprint density at radius 3 is 2.19 bits per heavy atom. The summed E-state index contributed by atoms with van der Waals surface area (Å²) in [6.45, 7) is 1.78. The first-order valence-corrected chi connectivity index (χ1v) is 11.4. The van der Waals surface area contributed by atoms with Gasteiger partial charge in [-0.05, 0) is 62.1 Å². The van der Waals surface area contributed by atoms with Crippen molar-refractivity contribution in [2.45, 2.75) is 37.8 Å². The minimum atomic E-state index is -0.437. The maximum Gasteiger partial charge on any atom is 0.254 e. The lowest BCUT2D eigenvalue weighted by Gasteiger charge is -2.33. The lowest BCUT2D eigenvalue weighted by molar-refractivity contribution is -0.125. The lowest BCUT2D eigenvalue weighted by Crippen LogP contribution is -2.52. The second kappa shape index (κ2) is 9.60. The van der Waals surface area contributed by atoms with Gasteiger partial charge < -0.3 is 15.1 Å². The monoisotopic (exact) mass is 484 g/mol. The van der Waals surface area contributed by atoms with Crippen molar-refractivity contribution < 1.29 is 14.4 Å². The van der Waals surface area contributed by atoms with E-state index in [1.165, 1.54) is 0 Å². The largest absolute Gasteiger partial charge is 0.351 e. The number of likely N-dealkylation sites (tertiary alicyclic amines) is 2. The van der Waals surface area contributed by atoms with E-state index in [2.05, 4.69) is 26.2 Å². The second-order valence-corrected chi connectivity index (χ2v) is 8.89. The summed E-state index contributed by atoms with van der Waals surface area (Å²) in [6, 6.07) is 10.2. The zero-order chi connectivity index (χ0) is 21.8. The number of aromatic nitrogens is 1. The number of nitrogens with one attached hydrogen (secondary N) is 1. The molecular weight excluding hydrogens is 460 g/mol. The summed E-state index contributed by atoms with van der Waals surface area (Å²) >= 11 is 3.38. The Balaban J connectivity index is 1.31. The lowest BCUT2D eigenvalue weighted by atomic mass is 10.0. The highest BCUT2D eigenvalue weighted by atomic mass is 79.9. The quantitative estimate of drug-likeness (QED) is 0.722. The molecule has 0 saturated carbocycles. The van der Waals surface area contributed by atoms with Gasteiger partial charge >= 0.3 is 0 Å². The predicted octanol–water partition coefficient (Wildman–Crippen LogP) is 2.87. The molecule has 0 aliphatic carbocycles. The molecule has 2 aliphatic heterocycles. The molecule has 2 aromatic rings. The van der Waals surface area contributed by atoms with Crippen LogP contribution in [0.3, 0.4) is 0 Å². The highest BCUT2D eigenvalue weighted by Crippen LogP contribution is 2.22. The molecule has 1 unspecified atom stereocenters. The molecule has 1 aromatic heterocycles. The number of piperidine rings is 1. The highest BCUT2D eigenvalue weighted by molar-refractivity contribution is 9.10. The number of hydrogen-bond donors (Lipinski definition) is 1. The molecule has 0 bridgehead atoms. The van der Waals surface area contributed by atoms with Gasteiger partial charge in [-0.15, -0.1) is 0 Å². The second-order valence-electron chi connectivity index (χ2n) is 7.97. The number of pyridine rings is 1. The fourth-order valence-corrected chi connectivity index (χ4v) is 4.51. The summed E-state index contributed by atoms with van der Waals surface area (Å²) in [4.78, 5) is 45.9. The summed E-state index contributed by atoms with van der Waals surface area (Å²) < 4.78 is 0.911. The number of hydrogen-bond acceptors (Lipinski definition) is 4. The molecule has 4 rings (SSSR count). The van der Waals surface area contributed by atoms with Crippen molar-refractivity contribution in [3.8, 4) is 0 Å². The van der Waals surface area contributed by atoms with Crippen molar-refractivity contribution in [3.05, 3.63) is 64.4 Å². The molecule has 8 heteroatoms. The van der Waals surface area contributed by atoms with E-state index in [0.29, 0.717) is 50.0 Å². The van der Waals surface area contributed by atoms with Crippen LogP contribution in [0.5, 0.6) is 0 Å². The number of benzene rings is 1. The first-order chi connectivity index (χ1) is 15.0. The number of rotatable bonds is 4. The van der Waals surface area contributed by atoms with Crippen LogP contribution in [0.25, 0.3) is 0 Å². The van der Waals surface area contributed by atoms with Crippen molar-refractivity contribution in [1.29, 1.82) is 0 Å². The first kappa shape index (κ1) is 21.5. The molecule has 1 aromatic carbocycles. The van der Waals surface area contributed by atoms with Crippen LogP contribution in [0.1, 0.15) is 46.4 Å². The normalized spacial score (nSPS) is 19.3. The maximum atomic E-state index is 13.0. The van der Waals surface area contributed by atoms with E-state index in [1.807, 2.05) is 17.0 Å². The van der Waals surface area contributed by atoms with Gasteiger partial charge in [-0.2, -0.15) is 0 Å². The molecule has 1 N–H and O–H groups in total. The van der Waals surface area contributed by atoms with Gasteiger partial charge in [0, 0.05) is 53.7 Å². The van der Waals surface area contributed by atoms with Gasteiger partial charge in [0.2, 0.25) is 5.91 Å². The fraction of sp³-hybridized carbons (Fsp3) is 0.391. The van der Waals surface area contributed by atoms with Crippen molar-refractivity contribution >= 4 is 33.7 Å². The van der Waals surface area contributed by atoms with Gasteiger partial charge in [0.05, 0.1) is 0 Å². The Bertz CT molecular complexity index is 943. The zero-order valence-corrected chi connectivity index (χ0v) is 18.8. The van der Waals surface area contributed by atoms with Crippen molar-refractivity contribution in [2.75, 3.05) is 19.6 Å². The zero-order valence-electron chi connectivity index (χ0n) is 17.2. The summed E-state index contributed by atoms with van der Waals surface area (Å²) in [5, 5.41) is 3.12. The summed E-state index contributed by atoms with van der Waals surface area (Å²) in [7, 11) is 0. The molecule has 2 fully saturated rings. The average molecular weight is 485 g/mol. The Kier molecular flexibility index (Phi) is 6.65. The predicted molar refractivity (Wildman–Crippen MR) is 120 cm³/mol. The Morgan fingerprint density at radius 2 is 1.52 bits per heavy atom. The third kappa shape index (κ3) is 4.95. The van der Waals surface area contributed by atoms with E-state index in [0.717, 1.165) is 10.9 Å². The minimum absolute atomic E-state index is 0.00533. The molecular formula is C23H25BrN4O3. The molecule has 7 nitrogen and oxygen atoms in total. The van der Waals surface area contributed by atoms with E-state index in [1.54, 1.807) is 41.6 Å². The fourth-order valence-electron chi connectivity index (χ4n) is 4.24. The van der Waals surface area contributed by atoms with Gasteiger partial charge in [0.1, 0.15) is 6.04 Å². The average Bonchev–Trinajstić information content (AvgIpc) is 3.30. The molecule has 0 radical (unpaired) electrons. The Morgan fingerprint density at radius 1 is 0.871 bits per heavy atom. The van der Waals surface area contributed by atoms with Gasteiger partial charge in [-0.25, -0.2) is 0 Å². The molecule has 0 spiro atoms. The highest BCUT2D eigenvalue weighted by Gasteiger charge is 2.36. The molecule has 31 heavy (non-hydrogen) atoms. The van der Waals surface area contributed by atoms with Crippen LogP contribution in [-0.2, 0) is 4.79 Å². The standard InChI is InChI=1S/C23H25BrN4O3/c24-18-5-3-16(4-6-18)23(31)28-13-1-2-20(28)21(29)26-19-9-14-27(15-10-19)22(30)17-7-11-25-12-8-17/h3-8,11-12,19-20H,1-2,9-10,13-15H2,(H,26,29).